The number of nitrogens with zero attached hydrogens (tertiary/aromatic N) is 1. The van der Waals surface area contributed by atoms with E-state index in [1.807, 2.05) is 0 Å². The minimum atomic E-state index is -0.513. The number of rotatable bonds is 9. The molecule has 0 aliphatic carbocycles. The van der Waals surface area contributed by atoms with E-state index >= 15 is 0 Å². The van der Waals surface area contributed by atoms with Crippen molar-refractivity contribution in [2.75, 3.05) is 13.2 Å². The molecular weight excluding hydrogens is 318 g/mol. The number of hydrogen-bond acceptors (Lipinski definition) is 5. The van der Waals surface area contributed by atoms with Crippen LogP contribution in [0.5, 0.6) is 0 Å². The van der Waals surface area contributed by atoms with Crippen LogP contribution in [-0.2, 0) is 9.47 Å². The average Bonchev–Trinajstić information content (AvgIpc) is 2.55. The van der Waals surface area contributed by atoms with E-state index < -0.39 is 11.9 Å². The van der Waals surface area contributed by atoms with E-state index in [0.717, 1.165) is 25.7 Å². The Morgan fingerprint density at radius 3 is 2.24 bits per heavy atom. The topological polar surface area (TPSA) is 65.5 Å². The van der Waals surface area contributed by atoms with Crippen LogP contribution in [-0.4, -0.2) is 30.1 Å². The summed E-state index contributed by atoms with van der Waals surface area (Å²) in [6.07, 6.45) is 3.86. The highest BCUT2D eigenvalue weighted by Crippen LogP contribution is 2.24. The molecule has 0 spiro atoms. The van der Waals surface area contributed by atoms with Gasteiger partial charge in [-0.15, -0.1) is 0 Å². The van der Waals surface area contributed by atoms with Gasteiger partial charge in [-0.05, 0) is 36.3 Å². The Balaban J connectivity index is 2.55. The molecule has 1 rings (SSSR count). The average molecular weight is 349 g/mol. The van der Waals surface area contributed by atoms with Crippen LogP contribution in [0.25, 0.3) is 0 Å². The first-order chi connectivity index (χ1) is 11.7. The van der Waals surface area contributed by atoms with Gasteiger partial charge in [-0.2, -0.15) is 0 Å². The minimum absolute atomic E-state index is 0.131. The van der Waals surface area contributed by atoms with Crippen molar-refractivity contribution in [3.8, 4) is 0 Å². The van der Waals surface area contributed by atoms with Gasteiger partial charge in [0.25, 0.3) is 0 Å². The fourth-order valence-corrected chi connectivity index (χ4v) is 2.65. The molecule has 1 aromatic rings. The normalized spacial score (nSPS) is 12.5. The molecule has 140 valence electrons. The Kier molecular flexibility index (Phi) is 8.59. The van der Waals surface area contributed by atoms with Crippen molar-refractivity contribution in [3.63, 3.8) is 0 Å². The number of carbonyl (C=O) groups is 2. The summed E-state index contributed by atoms with van der Waals surface area (Å²) in [5, 5.41) is 0. The number of esters is 2. The quantitative estimate of drug-likeness (QED) is 0.479. The molecule has 0 aliphatic heterocycles. The molecule has 0 radical (unpaired) electrons. The van der Waals surface area contributed by atoms with Gasteiger partial charge in [0.15, 0.2) is 0 Å². The van der Waals surface area contributed by atoms with Gasteiger partial charge in [0.05, 0.1) is 13.2 Å². The van der Waals surface area contributed by atoms with E-state index in [4.69, 9.17) is 9.47 Å². The number of carbonyl (C=O) groups excluding carboxylic acids is 2. The monoisotopic (exact) mass is 349 g/mol. The van der Waals surface area contributed by atoms with Crippen molar-refractivity contribution in [2.24, 2.45) is 11.3 Å². The largest absolute Gasteiger partial charge is 0.461 e. The summed E-state index contributed by atoms with van der Waals surface area (Å²) in [7, 11) is 0. The zero-order valence-corrected chi connectivity index (χ0v) is 16.1. The first-order valence-corrected chi connectivity index (χ1v) is 9.04. The van der Waals surface area contributed by atoms with Crippen LogP contribution in [0.3, 0.4) is 0 Å². The highest BCUT2D eigenvalue weighted by atomic mass is 16.5. The van der Waals surface area contributed by atoms with Crippen LogP contribution in [0, 0.1) is 11.3 Å². The van der Waals surface area contributed by atoms with Crippen LogP contribution >= 0.6 is 0 Å². The van der Waals surface area contributed by atoms with Crippen LogP contribution in [0.1, 0.15) is 81.3 Å². The van der Waals surface area contributed by atoms with Crippen molar-refractivity contribution in [1.82, 2.24) is 4.98 Å². The molecule has 5 nitrogen and oxygen atoms in total. The molecule has 0 fully saturated rings. The fraction of sp³-hybridized carbons (Fsp3) is 0.650. The van der Waals surface area contributed by atoms with Crippen LogP contribution < -0.4 is 0 Å². The molecule has 1 aromatic heterocycles. The lowest BCUT2D eigenvalue weighted by Gasteiger charge is -2.22. The Bertz CT molecular complexity index is 563. The number of hydrogen-bond donors (Lipinski definition) is 0. The summed E-state index contributed by atoms with van der Waals surface area (Å²) in [5.41, 5.74) is 0.450. The fourth-order valence-electron chi connectivity index (χ4n) is 2.65. The van der Waals surface area contributed by atoms with E-state index in [2.05, 4.69) is 39.6 Å². The summed E-state index contributed by atoms with van der Waals surface area (Å²) >= 11 is 0. The Morgan fingerprint density at radius 2 is 1.68 bits per heavy atom. The molecule has 0 saturated heterocycles. The van der Waals surface area contributed by atoms with Gasteiger partial charge in [0, 0.05) is 0 Å². The van der Waals surface area contributed by atoms with Gasteiger partial charge >= 0.3 is 11.9 Å². The van der Waals surface area contributed by atoms with Gasteiger partial charge in [-0.1, -0.05) is 53.5 Å². The third-order valence-electron chi connectivity index (χ3n) is 3.61. The lowest BCUT2D eigenvalue weighted by Crippen LogP contribution is -2.19. The molecule has 1 unspecified atom stereocenters. The molecule has 0 amide bonds. The second kappa shape index (κ2) is 10.2. The van der Waals surface area contributed by atoms with Gasteiger partial charge in [-0.25, -0.2) is 14.6 Å². The SMILES string of the molecule is CCCCCOC(=O)c1cccc(C(=O)OCC(C)CC(C)(C)C)n1. The zero-order chi connectivity index (χ0) is 18.9. The predicted molar refractivity (Wildman–Crippen MR) is 97.6 cm³/mol. The van der Waals surface area contributed by atoms with Crippen LogP contribution in [0.2, 0.25) is 0 Å². The van der Waals surface area contributed by atoms with Crippen molar-refractivity contribution in [2.45, 2.75) is 60.3 Å². The first kappa shape index (κ1) is 21.1. The summed E-state index contributed by atoms with van der Waals surface area (Å²) in [4.78, 5) is 28.2. The molecule has 5 heteroatoms. The standard InChI is InChI=1S/C20H31NO4/c1-6-7-8-12-24-18(22)16-10-9-11-17(21-16)19(23)25-14-15(2)13-20(3,4)5/h9-11,15H,6-8,12-14H2,1-5H3. The van der Waals surface area contributed by atoms with E-state index in [-0.39, 0.29) is 22.7 Å². The summed E-state index contributed by atoms with van der Waals surface area (Å²) < 4.78 is 10.5. The Hall–Kier alpha value is -1.91. The van der Waals surface area contributed by atoms with E-state index in [9.17, 15) is 9.59 Å². The number of pyridine rings is 1. The van der Waals surface area contributed by atoms with Crippen LogP contribution in [0.15, 0.2) is 18.2 Å². The van der Waals surface area contributed by atoms with Gasteiger partial charge in [0.1, 0.15) is 11.4 Å². The maximum Gasteiger partial charge on any atom is 0.356 e. The zero-order valence-electron chi connectivity index (χ0n) is 16.1. The predicted octanol–water partition coefficient (Wildman–Crippen LogP) is 4.66. The lowest BCUT2D eigenvalue weighted by molar-refractivity contribution is 0.0412. The molecule has 25 heavy (non-hydrogen) atoms. The molecule has 0 aromatic carbocycles. The number of unbranched alkanes of at least 4 members (excludes halogenated alkanes) is 2. The lowest BCUT2D eigenvalue weighted by atomic mass is 9.86. The number of aromatic nitrogens is 1. The van der Waals surface area contributed by atoms with E-state index in [1.165, 1.54) is 0 Å². The van der Waals surface area contributed by atoms with Gasteiger partial charge in [-0.3, -0.25) is 0 Å². The highest BCUT2D eigenvalue weighted by molar-refractivity contribution is 5.91. The Morgan fingerprint density at radius 1 is 1.08 bits per heavy atom. The third-order valence-corrected chi connectivity index (χ3v) is 3.61. The van der Waals surface area contributed by atoms with Crippen molar-refractivity contribution in [1.29, 1.82) is 0 Å². The molecule has 0 N–H and O–H groups in total. The van der Waals surface area contributed by atoms with Crippen molar-refractivity contribution >= 4 is 11.9 Å². The van der Waals surface area contributed by atoms with Crippen molar-refractivity contribution < 1.29 is 19.1 Å². The second-order valence-electron chi connectivity index (χ2n) is 7.72. The molecule has 0 bridgehead atoms. The smallest absolute Gasteiger partial charge is 0.356 e. The molecular formula is C20H31NO4. The maximum atomic E-state index is 12.2. The third kappa shape index (κ3) is 8.66. The van der Waals surface area contributed by atoms with E-state index in [1.54, 1.807) is 18.2 Å². The molecule has 1 atom stereocenters. The maximum absolute atomic E-state index is 12.2. The highest BCUT2D eigenvalue weighted by Gasteiger charge is 2.18. The molecule has 1 heterocycles. The van der Waals surface area contributed by atoms with Crippen LogP contribution in [0.4, 0.5) is 0 Å². The summed E-state index contributed by atoms with van der Waals surface area (Å²) in [6, 6.07) is 4.70. The molecule has 0 saturated carbocycles. The summed E-state index contributed by atoms with van der Waals surface area (Å²) in [6.45, 7) is 11.3. The number of ether oxygens (including phenoxy) is 2. The van der Waals surface area contributed by atoms with Gasteiger partial charge in [0.2, 0.25) is 0 Å². The van der Waals surface area contributed by atoms with Gasteiger partial charge < -0.3 is 9.47 Å². The Labute approximate surface area is 151 Å². The summed E-state index contributed by atoms with van der Waals surface area (Å²) in [5.74, 6) is -0.760. The van der Waals surface area contributed by atoms with E-state index in [0.29, 0.717) is 13.2 Å². The minimum Gasteiger partial charge on any atom is -0.461 e. The first-order valence-electron chi connectivity index (χ1n) is 9.04. The molecule has 0 aliphatic rings. The van der Waals surface area contributed by atoms with Crippen molar-refractivity contribution in [3.05, 3.63) is 29.6 Å². The second-order valence-corrected chi connectivity index (χ2v) is 7.72.